The molecule has 8 heteroatoms. The lowest BCUT2D eigenvalue weighted by molar-refractivity contribution is -0.142. The number of anilines is 1. The Bertz CT molecular complexity index is 919. The predicted molar refractivity (Wildman–Crippen MR) is 108 cm³/mol. The lowest BCUT2D eigenvalue weighted by atomic mass is 10.0. The van der Waals surface area contributed by atoms with Crippen LogP contribution in [0.5, 0.6) is 5.75 Å². The van der Waals surface area contributed by atoms with Crippen molar-refractivity contribution >= 4 is 35.1 Å². The van der Waals surface area contributed by atoms with E-state index in [1.165, 1.54) is 12.0 Å². The van der Waals surface area contributed by atoms with Gasteiger partial charge in [0.25, 0.3) is 0 Å². The molecule has 2 amide bonds. The highest BCUT2D eigenvalue weighted by Gasteiger charge is 2.37. The molecule has 1 saturated heterocycles. The van der Waals surface area contributed by atoms with Crippen LogP contribution in [0.3, 0.4) is 0 Å². The SMILES string of the molecule is COc1ccc(Cl)cc1N1C[C@H](C(=O)N[C@H](Cc2ccccc2)C(=O)O)CC1=O. The summed E-state index contributed by atoms with van der Waals surface area (Å²) in [6.07, 6.45) is 0.146. The van der Waals surface area contributed by atoms with Crippen molar-refractivity contribution < 1.29 is 24.2 Å². The smallest absolute Gasteiger partial charge is 0.326 e. The minimum atomic E-state index is -1.13. The van der Waals surface area contributed by atoms with Crippen LogP contribution in [0.2, 0.25) is 5.02 Å². The minimum Gasteiger partial charge on any atom is -0.495 e. The number of benzene rings is 2. The third kappa shape index (κ3) is 4.86. The van der Waals surface area contributed by atoms with Gasteiger partial charge in [-0.3, -0.25) is 9.59 Å². The molecule has 0 unspecified atom stereocenters. The fourth-order valence-electron chi connectivity index (χ4n) is 3.33. The highest BCUT2D eigenvalue weighted by molar-refractivity contribution is 6.31. The number of halogens is 1. The molecule has 0 spiro atoms. The van der Waals surface area contributed by atoms with Gasteiger partial charge in [-0.25, -0.2) is 4.79 Å². The van der Waals surface area contributed by atoms with E-state index < -0.39 is 23.8 Å². The number of rotatable bonds is 7. The Hall–Kier alpha value is -3.06. The van der Waals surface area contributed by atoms with E-state index in [9.17, 15) is 19.5 Å². The van der Waals surface area contributed by atoms with Gasteiger partial charge in [-0.05, 0) is 23.8 Å². The summed E-state index contributed by atoms with van der Waals surface area (Å²) in [6.45, 7) is 0.124. The van der Waals surface area contributed by atoms with E-state index in [-0.39, 0.29) is 25.3 Å². The summed E-state index contributed by atoms with van der Waals surface area (Å²) in [5, 5.41) is 12.5. The number of ether oxygens (including phenoxy) is 1. The summed E-state index contributed by atoms with van der Waals surface area (Å²) >= 11 is 6.04. The van der Waals surface area contributed by atoms with Crippen LogP contribution in [0.4, 0.5) is 5.69 Å². The van der Waals surface area contributed by atoms with Gasteiger partial charge in [0.15, 0.2) is 0 Å². The van der Waals surface area contributed by atoms with Crippen molar-refractivity contribution in [2.75, 3.05) is 18.6 Å². The average Bonchev–Trinajstić information content (AvgIpc) is 3.09. The van der Waals surface area contributed by atoms with Crippen LogP contribution < -0.4 is 15.0 Å². The zero-order valence-corrected chi connectivity index (χ0v) is 16.6. The molecule has 7 nitrogen and oxygen atoms in total. The largest absolute Gasteiger partial charge is 0.495 e. The van der Waals surface area contributed by atoms with Gasteiger partial charge < -0.3 is 20.1 Å². The Morgan fingerprint density at radius 3 is 2.66 bits per heavy atom. The van der Waals surface area contributed by atoms with E-state index in [1.807, 2.05) is 18.2 Å². The van der Waals surface area contributed by atoms with Gasteiger partial charge in [-0.15, -0.1) is 0 Å². The van der Waals surface area contributed by atoms with Crippen LogP contribution in [0.1, 0.15) is 12.0 Å². The van der Waals surface area contributed by atoms with Crippen LogP contribution in [0.15, 0.2) is 48.5 Å². The van der Waals surface area contributed by atoms with Crippen LogP contribution >= 0.6 is 11.6 Å². The van der Waals surface area contributed by atoms with Crippen molar-refractivity contribution in [1.82, 2.24) is 5.32 Å². The first-order chi connectivity index (χ1) is 13.9. The van der Waals surface area contributed by atoms with Crippen molar-refractivity contribution in [3.8, 4) is 5.75 Å². The first-order valence-electron chi connectivity index (χ1n) is 9.10. The molecule has 29 heavy (non-hydrogen) atoms. The molecule has 2 atom stereocenters. The van der Waals surface area contributed by atoms with E-state index >= 15 is 0 Å². The topological polar surface area (TPSA) is 95.9 Å². The molecule has 0 saturated carbocycles. The number of carbonyl (C=O) groups is 3. The monoisotopic (exact) mass is 416 g/mol. The third-order valence-electron chi connectivity index (χ3n) is 4.82. The number of methoxy groups -OCH3 is 1. The molecule has 2 aromatic carbocycles. The van der Waals surface area contributed by atoms with Gasteiger partial charge in [0.05, 0.1) is 18.7 Å². The van der Waals surface area contributed by atoms with Crippen LogP contribution in [0.25, 0.3) is 0 Å². The van der Waals surface area contributed by atoms with E-state index in [1.54, 1.807) is 30.3 Å². The number of amides is 2. The molecule has 2 N–H and O–H groups in total. The number of carboxylic acid groups (broad SMARTS) is 1. The average molecular weight is 417 g/mol. The maximum Gasteiger partial charge on any atom is 0.326 e. The van der Waals surface area contributed by atoms with Crippen molar-refractivity contribution in [3.05, 3.63) is 59.1 Å². The van der Waals surface area contributed by atoms with E-state index in [0.29, 0.717) is 16.5 Å². The van der Waals surface area contributed by atoms with Crippen molar-refractivity contribution in [2.45, 2.75) is 18.9 Å². The summed E-state index contributed by atoms with van der Waals surface area (Å²) < 4.78 is 5.29. The second-order valence-corrected chi connectivity index (χ2v) is 7.25. The predicted octanol–water partition coefficient (Wildman–Crippen LogP) is 2.51. The standard InChI is InChI=1S/C21H21ClN2O5/c1-29-18-8-7-15(22)11-17(18)24-12-14(10-19(24)25)20(26)23-16(21(27)28)9-13-5-3-2-4-6-13/h2-8,11,14,16H,9-10,12H2,1H3,(H,23,26)(H,27,28)/t14-,16-/m1/s1. The second kappa shape index (κ2) is 8.96. The molecule has 0 aromatic heterocycles. The van der Waals surface area contributed by atoms with Crippen molar-refractivity contribution in [3.63, 3.8) is 0 Å². The Kier molecular flexibility index (Phi) is 6.39. The number of hydrogen-bond donors (Lipinski definition) is 2. The van der Waals surface area contributed by atoms with E-state index in [2.05, 4.69) is 5.32 Å². The Labute approximate surface area is 173 Å². The molecule has 0 aliphatic carbocycles. The van der Waals surface area contributed by atoms with Crippen LogP contribution in [0, 0.1) is 5.92 Å². The third-order valence-corrected chi connectivity index (χ3v) is 5.06. The Balaban J connectivity index is 1.71. The normalized spacial score (nSPS) is 17.1. The van der Waals surface area contributed by atoms with Gasteiger partial charge in [-0.2, -0.15) is 0 Å². The summed E-state index contributed by atoms with van der Waals surface area (Å²) in [7, 11) is 1.48. The van der Waals surface area contributed by atoms with Crippen molar-refractivity contribution in [1.29, 1.82) is 0 Å². The van der Waals surface area contributed by atoms with Crippen LogP contribution in [-0.4, -0.2) is 42.6 Å². The van der Waals surface area contributed by atoms with Crippen molar-refractivity contribution in [2.24, 2.45) is 5.92 Å². The van der Waals surface area contributed by atoms with E-state index in [0.717, 1.165) is 5.56 Å². The summed E-state index contributed by atoms with van der Waals surface area (Å²) in [4.78, 5) is 38.2. The second-order valence-electron chi connectivity index (χ2n) is 6.81. The quantitative estimate of drug-likeness (QED) is 0.723. The summed E-state index contributed by atoms with van der Waals surface area (Å²) in [5.74, 6) is -2.04. The van der Waals surface area contributed by atoms with Gasteiger partial charge in [0.2, 0.25) is 11.8 Å². The molecule has 152 valence electrons. The zero-order chi connectivity index (χ0) is 21.0. The van der Waals surface area contributed by atoms with Crippen LogP contribution in [-0.2, 0) is 20.8 Å². The molecule has 1 fully saturated rings. The fourth-order valence-corrected chi connectivity index (χ4v) is 3.50. The first kappa shape index (κ1) is 20.7. The number of carboxylic acids is 1. The molecule has 1 aliphatic rings. The Morgan fingerprint density at radius 2 is 2.00 bits per heavy atom. The maximum absolute atomic E-state index is 12.7. The van der Waals surface area contributed by atoms with Gasteiger partial charge in [-0.1, -0.05) is 41.9 Å². The molecule has 0 bridgehead atoms. The number of carbonyl (C=O) groups excluding carboxylic acids is 2. The maximum atomic E-state index is 12.7. The van der Waals surface area contributed by atoms with Gasteiger partial charge in [0, 0.05) is 24.4 Å². The highest BCUT2D eigenvalue weighted by Crippen LogP contribution is 2.35. The number of nitrogens with zero attached hydrogens (tertiary/aromatic N) is 1. The summed E-state index contributed by atoms with van der Waals surface area (Å²) in [5.41, 5.74) is 1.28. The minimum absolute atomic E-state index is 0.0147. The first-order valence-corrected chi connectivity index (χ1v) is 9.48. The fraction of sp³-hybridized carbons (Fsp3) is 0.286. The lowest BCUT2D eigenvalue weighted by Gasteiger charge is -2.20. The van der Waals surface area contributed by atoms with Gasteiger partial charge >= 0.3 is 5.97 Å². The molecule has 1 aliphatic heterocycles. The highest BCUT2D eigenvalue weighted by atomic mass is 35.5. The van der Waals surface area contributed by atoms with E-state index in [4.69, 9.17) is 16.3 Å². The number of hydrogen-bond acceptors (Lipinski definition) is 4. The molecule has 0 radical (unpaired) electrons. The lowest BCUT2D eigenvalue weighted by Crippen LogP contribution is -2.45. The molecular formula is C21H21ClN2O5. The molecule has 2 aromatic rings. The zero-order valence-electron chi connectivity index (χ0n) is 15.8. The van der Waals surface area contributed by atoms with Gasteiger partial charge in [0.1, 0.15) is 11.8 Å². The molecule has 1 heterocycles. The Morgan fingerprint density at radius 1 is 1.28 bits per heavy atom. The number of nitrogens with one attached hydrogen (secondary N) is 1. The number of aliphatic carboxylic acids is 1. The summed E-state index contributed by atoms with van der Waals surface area (Å²) in [6, 6.07) is 12.9. The molecule has 3 rings (SSSR count). The molecular weight excluding hydrogens is 396 g/mol.